The molecule has 0 aliphatic heterocycles. The molecule has 1 aromatic rings. The van der Waals surface area contributed by atoms with E-state index in [1.165, 1.54) is 0 Å². The van der Waals surface area contributed by atoms with Crippen molar-refractivity contribution in [2.45, 2.75) is 6.54 Å². The average molecular weight is 356 g/mol. The maximum absolute atomic E-state index is 10.3. The molecule has 0 unspecified atom stereocenters. The van der Waals surface area contributed by atoms with Gasteiger partial charge in [0.2, 0.25) is 5.91 Å². The molecule has 3 N–H and O–H groups in total. The summed E-state index contributed by atoms with van der Waals surface area (Å²) in [5.41, 5.74) is 4.91. The number of carbonyl (C=O) groups excluding carboxylic acids is 1. The Kier molecular flexibility index (Phi) is 6.04. The van der Waals surface area contributed by atoms with Crippen molar-refractivity contribution in [3.63, 3.8) is 0 Å². The molecule has 0 radical (unpaired) electrons. The van der Waals surface area contributed by atoms with Crippen LogP contribution in [0.15, 0.2) is 19.6 Å². The Morgan fingerprint density at radius 1 is 1.56 bits per heavy atom. The van der Waals surface area contributed by atoms with Gasteiger partial charge in [-0.1, -0.05) is 0 Å². The van der Waals surface area contributed by atoms with E-state index < -0.39 is 5.91 Å². The van der Waals surface area contributed by atoms with Crippen LogP contribution < -0.4 is 11.1 Å². The van der Waals surface area contributed by atoms with Crippen LogP contribution in [0.3, 0.4) is 0 Å². The number of carbonyl (C=O) groups is 1. The fraction of sp³-hybridized carbons (Fsp3) is 0.444. The van der Waals surface area contributed by atoms with Gasteiger partial charge in [-0.15, -0.1) is 0 Å². The summed E-state index contributed by atoms with van der Waals surface area (Å²) in [4.78, 5) is 10.3. The van der Waals surface area contributed by atoms with E-state index in [0.29, 0.717) is 24.4 Å². The first-order valence-corrected chi connectivity index (χ1v) is 6.18. The molecule has 0 saturated carbocycles. The summed E-state index contributed by atoms with van der Waals surface area (Å²) in [5, 5.41) is 3.10. The largest absolute Gasteiger partial charge is 0.452 e. The van der Waals surface area contributed by atoms with E-state index in [0.717, 1.165) is 10.2 Å². The average Bonchev–Trinajstić information content (AvgIpc) is 2.52. The van der Waals surface area contributed by atoms with Crippen LogP contribution in [-0.4, -0.2) is 25.7 Å². The van der Waals surface area contributed by atoms with Crippen LogP contribution in [0.4, 0.5) is 0 Å². The van der Waals surface area contributed by atoms with Crippen LogP contribution in [0.5, 0.6) is 0 Å². The third-order valence-corrected chi connectivity index (χ3v) is 3.37. The lowest BCUT2D eigenvalue weighted by molar-refractivity contribution is -0.122. The molecule has 1 aromatic heterocycles. The van der Waals surface area contributed by atoms with Crippen LogP contribution in [0.2, 0.25) is 0 Å². The van der Waals surface area contributed by atoms with E-state index in [1.54, 1.807) is 0 Å². The smallest absolute Gasteiger partial charge is 0.243 e. The summed E-state index contributed by atoms with van der Waals surface area (Å²) < 4.78 is 11.9. The molecular formula is C9H12Br2N2O3. The molecule has 0 fully saturated rings. The maximum atomic E-state index is 10.3. The molecule has 5 nitrogen and oxygen atoms in total. The van der Waals surface area contributed by atoms with Gasteiger partial charge in [0, 0.05) is 6.54 Å². The number of amides is 1. The molecule has 1 rings (SSSR count). The number of nitrogens with one attached hydrogen (secondary N) is 1. The molecule has 7 heteroatoms. The zero-order chi connectivity index (χ0) is 12.0. The van der Waals surface area contributed by atoms with Gasteiger partial charge in [-0.25, -0.2) is 0 Å². The molecule has 1 amide bonds. The van der Waals surface area contributed by atoms with E-state index >= 15 is 0 Å². The van der Waals surface area contributed by atoms with Crippen molar-refractivity contribution in [1.29, 1.82) is 0 Å². The van der Waals surface area contributed by atoms with Crippen molar-refractivity contribution >= 4 is 37.8 Å². The summed E-state index contributed by atoms with van der Waals surface area (Å²) in [6.07, 6.45) is 0. The van der Waals surface area contributed by atoms with Gasteiger partial charge in [-0.3, -0.25) is 4.79 Å². The molecule has 0 atom stereocenters. The van der Waals surface area contributed by atoms with Gasteiger partial charge in [0.05, 0.1) is 17.6 Å². The van der Waals surface area contributed by atoms with Gasteiger partial charge in [-0.05, 0) is 37.9 Å². The minimum Gasteiger partial charge on any atom is -0.452 e. The molecule has 0 bridgehead atoms. The van der Waals surface area contributed by atoms with E-state index in [-0.39, 0.29) is 6.61 Å². The monoisotopic (exact) mass is 354 g/mol. The summed E-state index contributed by atoms with van der Waals surface area (Å²) >= 11 is 6.57. The second-order valence-corrected chi connectivity index (χ2v) is 4.60. The second-order valence-electron chi connectivity index (χ2n) is 3.03. The van der Waals surface area contributed by atoms with E-state index in [1.807, 2.05) is 6.07 Å². The van der Waals surface area contributed by atoms with Crippen molar-refractivity contribution in [2.75, 3.05) is 19.8 Å². The first-order valence-electron chi connectivity index (χ1n) is 4.60. The van der Waals surface area contributed by atoms with Gasteiger partial charge < -0.3 is 20.2 Å². The topological polar surface area (TPSA) is 77.5 Å². The summed E-state index contributed by atoms with van der Waals surface area (Å²) in [7, 11) is 0. The van der Waals surface area contributed by atoms with Gasteiger partial charge >= 0.3 is 0 Å². The third kappa shape index (κ3) is 5.11. The Hall–Kier alpha value is -0.370. The Morgan fingerprint density at radius 3 is 2.88 bits per heavy atom. The number of ether oxygens (including phenoxy) is 1. The molecule has 0 aliphatic rings. The van der Waals surface area contributed by atoms with Crippen molar-refractivity contribution in [3.05, 3.63) is 21.0 Å². The van der Waals surface area contributed by atoms with Crippen molar-refractivity contribution in [3.8, 4) is 0 Å². The quantitative estimate of drug-likeness (QED) is 0.724. The zero-order valence-electron chi connectivity index (χ0n) is 8.46. The first-order chi connectivity index (χ1) is 7.59. The van der Waals surface area contributed by atoms with Crippen LogP contribution >= 0.6 is 31.9 Å². The van der Waals surface area contributed by atoms with Crippen LogP contribution in [0.1, 0.15) is 5.76 Å². The fourth-order valence-electron chi connectivity index (χ4n) is 1.01. The molecule has 1 heterocycles. The molecule has 16 heavy (non-hydrogen) atoms. The fourth-order valence-corrected chi connectivity index (χ4v) is 1.67. The zero-order valence-corrected chi connectivity index (χ0v) is 11.6. The molecule has 90 valence electrons. The van der Waals surface area contributed by atoms with E-state index in [9.17, 15) is 4.79 Å². The Bertz CT molecular complexity index is 335. The summed E-state index contributed by atoms with van der Waals surface area (Å²) in [6.45, 7) is 1.62. The molecule has 0 spiro atoms. The lowest BCUT2D eigenvalue weighted by atomic mass is 10.4. The standard InChI is InChI=1S/C9H12Br2N2O3/c10-7-3-6(16-9(7)11)4-13-1-2-15-5-8(12)14/h3,13H,1-2,4-5H2,(H2,12,14). The number of furan rings is 1. The first kappa shape index (κ1) is 13.7. The van der Waals surface area contributed by atoms with Gasteiger partial charge in [0.1, 0.15) is 12.4 Å². The Morgan fingerprint density at radius 2 is 2.31 bits per heavy atom. The highest BCUT2D eigenvalue weighted by molar-refractivity contribution is 9.13. The SMILES string of the molecule is NC(=O)COCCNCc1cc(Br)c(Br)o1. The summed E-state index contributed by atoms with van der Waals surface area (Å²) in [6, 6.07) is 1.88. The normalized spacial score (nSPS) is 10.6. The van der Waals surface area contributed by atoms with Crippen LogP contribution in [0, 0.1) is 0 Å². The number of hydrogen-bond donors (Lipinski definition) is 2. The van der Waals surface area contributed by atoms with Crippen molar-refractivity contribution < 1.29 is 13.9 Å². The highest BCUT2D eigenvalue weighted by Gasteiger charge is 2.04. The Labute approximate surface area is 110 Å². The highest BCUT2D eigenvalue weighted by Crippen LogP contribution is 2.26. The number of halogens is 2. The van der Waals surface area contributed by atoms with E-state index in [4.69, 9.17) is 14.9 Å². The van der Waals surface area contributed by atoms with Crippen LogP contribution in [0.25, 0.3) is 0 Å². The number of hydrogen-bond acceptors (Lipinski definition) is 4. The van der Waals surface area contributed by atoms with Gasteiger partial charge in [0.15, 0.2) is 4.67 Å². The lowest BCUT2D eigenvalue weighted by Gasteiger charge is -2.02. The molecule has 0 saturated heterocycles. The predicted octanol–water partition coefficient (Wildman–Crippen LogP) is 1.40. The van der Waals surface area contributed by atoms with Gasteiger partial charge in [0.25, 0.3) is 0 Å². The number of rotatable bonds is 7. The van der Waals surface area contributed by atoms with Crippen LogP contribution in [-0.2, 0) is 16.1 Å². The number of nitrogens with two attached hydrogens (primary N) is 1. The molecule has 0 aliphatic carbocycles. The van der Waals surface area contributed by atoms with Crippen molar-refractivity contribution in [1.82, 2.24) is 5.32 Å². The predicted molar refractivity (Wildman–Crippen MR) is 65.8 cm³/mol. The number of primary amides is 1. The Balaban J connectivity index is 2.09. The lowest BCUT2D eigenvalue weighted by Crippen LogP contribution is -2.23. The molecule has 0 aromatic carbocycles. The summed E-state index contributed by atoms with van der Waals surface area (Å²) in [5.74, 6) is 0.354. The third-order valence-electron chi connectivity index (χ3n) is 1.66. The maximum Gasteiger partial charge on any atom is 0.243 e. The van der Waals surface area contributed by atoms with Gasteiger partial charge in [-0.2, -0.15) is 0 Å². The highest BCUT2D eigenvalue weighted by atomic mass is 79.9. The molecular weight excluding hydrogens is 344 g/mol. The second kappa shape index (κ2) is 7.05. The van der Waals surface area contributed by atoms with Crippen molar-refractivity contribution in [2.24, 2.45) is 5.73 Å². The minimum absolute atomic E-state index is 0.0421. The van der Waals surface area contributed by atoms with E-state index in [2.05, 4.69) is 37.2 Å². The minimum atomic E-state index is -0.459.